The van der Waals surface area contributed by atoms with Gasteiger partial charge in [-0.2, -0.15) is 12.7 Å². The highest BCUT2D eigenvalue weighted by Crippen LogP contribution is 2.28. The highest BCUT2D eigenvalue weighted by molar-refractivity contribution is 7.90. The van der Waals surface area contributed by atoms with Gasteiger partial charge in [0.25, 0.3) is 10.0 Å². The van der Waals surface area contributed by atoms with Crippen LogP contribution in [0.3, 0.4) is 0 Å². The molecule has 2 aliphatic heterocycles. The molecule has 9 heteroatoms. The molecule has 0 bridgehead atoms. The van der Waals surface area contributed by atoms with E-state index < -0.39 is 20.0 Å². The molecule has 0 spiro atoms. The van der Waals surface area contributed by atoms with Gasteiger partial charge in [-0.1, -0.05) is 18.6 Å². The van der Waals surface area contributed by atoms with E-state index in [0.717, 1.165) is 19.3 Å². The number of nitrogens with zero attached hydrogens (tertiary/aromatic N) is 2. The molecule has 0 radical (unpaired) electrons. The molecule has 1 saturated heterocycles. The van der Waals surface area contributed by atoms with Crippen molar-refractivity contribution in [3.63, 3.8) is 0 Å². The van der Waals surface area contributed by atoms with Gasteiger partial charge in [-0.3, -0.25) is 0 Å². The zero-order valence-corrected chi connectivity index (χ0v) is 17.0. The molecule has 1 unspecified atom stereocenters. The fraction of sp³-hybridized carbons (Fsp3) is 0.316. The lowest BCUT2D eigenvalue weighted by Crippen LogP contribution is -2.41. The Morgan fingerprint density at radius 1 is 1.07 bits per heavy atom. The van der Waals surface area contributed by atoms with Crippen LogP contribution in [-0.4, -0.2) is 39.6 Å². The van der Waals surface area contributed by atoms with E-state index in [-0.39, 0.29) is 21.7 Å². The van der Waals surface area contributed by atoms with Gasteiger partial charge in [0.15, 0.2) is 5.84 Å². The first kappa shape index (κ1) is 19.1. The number of sulfonamides is 2. The number of hydrogen-bond acceptors (Lipinski definition) is 5. The van der Waals surface area contributed by atoms with E-state index in [1.165, 1.54) is 18.2 Å². The van der Waals surface area contributed by atoms with Crippen LogP contribution in [0, 0.1) is 0 Å². The van der Waals surface area contributed by atoms with Crippen molar-refractivity contribution in [2.75, 3.05) is 11.9 Å². The molecule has 1 atom stereocenters. The van der Waals surface area contributed by atoms with E-state index in [1.54, 1.807) is 34.6 Å². The van der Waals surface area contributed by atoms with Crippen molar-refractivity contribution in [2.24, 2.45) is 4.40 Å². The molecule has 4 rings (SSSR count). The SMILES string of the molecule is CC1CCCCN1S(=O)(=O)c1ccc(NC2=NS(=O)(=O)c3ccccc32)cc1. The van der Waals surface area contributed by atoms with Crippen molar-refractivity contribution in [3.05, 3.63) is 54.1 Å². The maximum Gasteiger partial charge on any atom is 0.285 e. The molecule has 2 aromatic carbocycles. The number of anilines is 1. The van der Waals surface area contributed by atoms with E-state index in [4.69, 9.17) is 0 Å². The van der Waals surface area contributed by atoms with Crippen LogP contribution in [0.25, 0.3) is 0 Å². The predicted octanol–water partition coefficient (Wildman–Crippen LogP) is 2.81. The number of fused-ring (bicyclic) bond motifs is 1. The Morgan fingerprint density at radius 2 is 1.79 bits per heavy atom. The molecule has 0 aliphatic carbocycles. The second-order valence-electron chi connectivity index (χ2n) is 7.02. The first-order valence-corrected chi connectivity index (χ1v) is 12.0. The fourth-order valence-electron chi connectivity index (χ4n) is 3.61. The normalized spacial score (nSPS) is 21.8. The van der Waals surface area contributed by atoms with E-state index in [0.29, 0.717) is 17.8 Å². The summed E-state index contributed by atoms with van der Waals surface area (Å²) in [7, 11) is -7.25. The minimum absolute atomic E-state index is 0.00824. The lowest BCUT2D eigenvalue weighted by Gasteiger charge is -2.32. The molecule has 0 aromatic heterocycles. The molecule has 2 aliphatic rings. The van der Waals surface area contributed by atoms with Gasteiger partial charge < -0.3 is 5.32 Å². The van der Waals surface area contributed by atoms with Gasteiger partial charge in [-0.25, -0.2) is 8.42 Å². The van der Waals surface area contributed by atoms with E-state index in [2.05, 4.69) is 9.71 Å². The first-order valence-electron chi connectivity index (χ1n) is 9.12. The summed E-state index contributed by atoms with van der Waals surface area (Å²) in [6.07, 6.45) is 2.78. The molecular formula is C19H21N3O4S2. The van der Waals surface area contributed by atoms with Gasteiger partial charge in [0.05, 0.1) is 4.90 Å². The van der Waals surface area contributed by atoms with E-state index in [1.807, 2.05) is 6.92 Å². The van der Waals surface area contributed by atoms with Crippen molar-refractivity contribution in [3.8, 4) is 0 Å². The van der Waals surface area contributed by atoms with Crippen LogP contribution in [0.5, 0.6) is 0 Å². The van der Waals surface area contributed by atoms with Crippen LogP contribution in [-0.2, 0) is 20.0 Å². The maximum atomic E-state index is 12.9. The summed E-state index contributed by atoms with van der Waals surface area (Å²) >= 11 is 0. The average Bonchev–Trinajstić information content (AvgIpc) is 2.93. The highest BCUT2D eigenvalue weighted by atomic mass is 32.2. The Hall–Kier alpha value is -2.23. The third kappa shape index (κ3) is 3.34. The fourth-order valence-corrected chi connectivity index (χ4v) is 6.48. The minimum atomic E-state index is -3.70. The summed E-state index contributed by atoms with van der Waals surface area (Å²) < 4.78 is 55.4. The Balaban J connectivity index is 1.58. The molecule has 1 fully saturated rings. The van der Waals surface area contributed by atoms with Crippen LogP contribution in [0.4, 0.5) is 5.69 Å². The number of rotatable bonds is 3. The zero-order valence-electron chi connectivity index (χ0n) is 15.4. The molecule has 2 aromatic rings. The van der Waals surface area contributed by atoms with Crippen LogP contribution in [0.1, 0.15) is 31.7 Å². The highest BCUT2D eigenvalue weighted by Gasteiger charge is 2.31. The average molecular weight is 420 g/mol. The number of benzene rings is 2. The monoisotopic (exact) mass is 419 g/mol. The Kier molecular flexibility index (Phi) is 4.76. The van der Waals surface area contributed by atoms with Gasteiger partial charge in [-0.15, -0.1) is 4.40 Å². The predicted molar refractivity (Wildman–Crippen MR) is 107 cm³/mol. The lowest BCUT2D eigenvalue weighted by atomic mass is 10.1. The maximum absolute atomic E-state index is 12.9. The van der Waals surface area contributed by atoms with Crippen LogP contribution in [0.2, 0.25) is 0 Å². The second kappa shape index (κ2) is 6.98. The molecule has 148 valence electrons. The van der Waals surface area contributed by atoms with Crippen molar-refractivity contribution < 1.29 is 16.8 Å². The van der Waals surface area contributed by atoms with Crippen molar-refractivity contribution >= 4 is 31.6 Å². The van der Waals surface area contributed by atoms with Crippen LogP contribution < -0.4 is 5.32 Å². The van der Waals surface area contributed by atoms with Crippen molar-refractivity contribution in [1.29, 1.82) is 0 Å². The molecule has 0 saturated carbocycles. The lowest BCUT2D eigenvalue weighted by molar-refractivity contribution is 0.268. The van der Waals surface area contributed by atoms with Crippen molar-refractivity contribution in [2.45, 2.75) is 42.0 Å². The molecule has 28 heavy (non-hydrogen) atoms. The summed E-state index contributed by atoms with van der Waals surface area (Å²) in [4.78, 5) is 0.393. The quantitative estimate of drug-likeness (QED) is 0.825. The zero-order chi connectivity index (χ0) is 19.9. The second-order valence-corrected chi connectivity index (χ2v) is 10.5. The topological polar surface area (TPSA) is 95.9 Å². The third-order valence-corrected chi connectivity index (χ3v) is 8.46. The van der Waals surface area contributed by atoms with Gasteiger partial charge in [0.2, 0.25) is 10.0 Å². The molecular weight excluding hydrogens is 398 g/mol. The van der Waals surface area contributed by atoms with Crippen molar-refractivity contribution in [1.82, 2.24) is 4.31 Å². The molecule has 0 amide bonds. The van der Waals surface area contributed by atoms with E-state index in [9.17, 15) is 16.8 Å². The van der Waals surface area contributed by atoms with Gasteiger partial charge >= 0.3 is 0 Å². The summed E-state index contributed by atoms with van der Waals surface area (Å²) in [6.45, 7) is 2.47. The summed E-state index contributed by atoms with van der Waals surface area (Å²) in [6, 6.07) is 12.9. The minimum Gasteiger partial charge on any atom is -0.339 e. The number of hydrogen-bond donors (Lipinski definition) is 1. The van der Waals surface area contributed by atoms with Crippen LogP contribution in [0.15, 0.2) is 62.7 Å². The summed E-state index contributed by atoms with van der Waals surface area (Å²) in [5, 5.41) is 2.98. The largest absolute Gasteiger partial charge is 0.339 e. The van der Waals surface area contributed by atoms with E-state index >= 15 is 0 Å². The Morgan fingerprint density at radius 3 is 2.50 bits per heavy atom. The molecule has 2 heterocycles. The summed E-state index contributed by atoms with van der Waals surface area (Å²) in [5.41, 5.74) is 1.07. The van der Waals surface area contributed by atoms with Crippen LogP contribution >= 0.6 is 0 Å². The smallest absolute Gasteiger partial charge is 0.285 e. The van der Waals surface area contributed by atoms with Gasteiger partial charge in [-0.05, 0) is 56.2 Å². The number of piperidine rings is 1. The summed E-state index contributed by atoms with van der Waals surface area (Å²) in [5.74, 6) is 0.232. The van der Waals surface area contributed by atoms with Gasteiger partial charge in [0.1, 0.15) is 4.90 Å². The Labute approximate surface area is 165 Å². The third-order valence-electron chi connectivity index (χ3n) is 5.10. The van der Waals surface area contributed by atoms with Gasteiger partial charge in [0, 0.05) is 23.8 Å². The number of nitrogens with one attached hydrogen (secondary N) is 1. The standard InChI is InChI=1S/C19H21N3O4S2/c1-14-6-4-5-13-22(14)28(25,26)16-11-9-15(10-12-16)20-19-17-7-2-3-8-18(17)27(23,24)21-19/h2-3,7-12,14H,4-6,13H2,1H3,(H,20,21). The Bertz CT molecular complexity index is 1140. The molecule has 7 nitrogen and oxygen atoms in total. The molecule has 1 N–H and O–H groups in total. The number of amidine groups is 1. The first-order chi connectivity index (χ1) is 13.3.